The third-order valence-corrected chi connectivity index (χ3v) is 4.44. The lowest BCUT2D eigenvalue weighted by molar-refractivity contribution is -0.129. The van der Waals surface area contributed by atoms with Crippen molar-refractivity contribution in [1.82, 2.24) is 14.9 Å². The van der Waals surface area contributed by atoms with Gasteiger partial charge in [-0.15, -0.1) is 0 Å². The first-order chi connectivity index (χ1) is 12.1. The van der Waals surface area contributed by atoms with Crippen molar-refractivity contribution in [1.29, 1.82) is 0 Å². The molecule has 1 aromatic carbocycles. The predicted molar refractivity (Wildman–Crippen MR) is 99.9 cm³/mol. The van der Waals surface area contributed by atoms with Crippen LogP contribution in [0.25, 0.3) is 0 Å². The van der Waals surface area contributed by atoms with Crippen molar-refractivity contribution >= 4 is 17.5 Å². The number of benzene rings is 1. The number of amides is 1. The Balaban J connectivity index is 1.60. The SMILES string of the molecule is CC(=O)N1CCN(c2cc(NCCc3ccccc3)nc(C)n2)CC1. The molecule has 1 aliphatic heterocycles. The number of anilines is 2. The number of carbonyl (C=O) groups excluding carboxylic acids is 1. The minimum atomic E-state index is 0.141. The summed E-state index contributed by atoms with van der Waals surface area (Å²) < 4.78 is 0. The lowest BCUT2D eigenvalue weighted by Gasteiger charge is -2.35. The summed E-state index contributed by atoms with van der Waals surface area (Å²) in [7, 11) is 0. The van der Waals surface area contributed by atoms with Gasteiger partial charge in [0.1, 0.15) is 17.5 Å². The molecule has 0 unspecified atom stereocenters. The van der Waals surface area contributed by atoms with Crippen molar-refractivity contribution in [2.75, 3.05) is 42.9 Å². The van der Waals surface area contributed by atoms with E-state index in [9.17, 15) is 4.79 Å². The number of aryl methyl sites for hydroxylation is 1. The van der Waals surface area contributed by atoms with E-state index >= 15 is 0 Å². The molecule has 1 amide bonds. The van der Waals surface area contributed by atoms with Crippen LogP contribution in [0.15, 0.2) is 36.4 Å². The van der Waals surface area contributed by atoms with Gasteiger partial charge in [0, 0.05) is 45.7 Å². The summed E-state index contributed by atoms with van der Waals surface area (Å²) in [5.74, 6) is 2.68. The summed E-state index contributed by atoms with van der Waals surface area (Å²) in [6.07, 6.45) is 0.955. The standard InChI is InChI=1S/C19H25N5O/c1-15-21-18(20-9-8-17-6-4-3-5-7-17)14-19(22-15)24-12-10-23(11-13-24)16(2)25/h3-7,14H,8-13H2,1-2H3,(H,20,21,22). The Morgan fingerprint density at radius 1 is 1.12 bits per heavy atom. The molecule has 0 radical (unpaired) electrons. The van der Waals surface area contributed by atoms with Crippen molar-refractivity contribution in [3.63, 3.8) is 0 Å². The molecule has 0 aliphatic carbocycles. The first kappa shape index (κ1) is 17.2. The Labute approximate surface area is 148 Å². The second kappa shape index (κ2) is 7.96. The number of carbonyl (C=O) groups is 1. The molecule has 132 valence electrons. The summed E-state index contributed by atoms with van der Waals surface area (Å²) in [5, 5.41) is 3.40. The molecule has 1 aromatic heterocycles. The van der Waals surface area contributed by atoms with Crippen LogP contribution in [-0.4, -0.2) is 53.5 Å². The summed E-state index contributed by atoms with van der Waals surface area (Å²) >= 11 is 0. The van der Waals surface area contributed by atoms with E-state index in [2.05, 4.69) is 44.5 Å². The zero-order valence-corrected chi connectivity index (χ0v) is 14.9. The first-order valence-electron chi connectivity index (χ1n) is 8.76. The second-order valence-electron chi connectivity index (χ2n) is 6.31. The first-order valence-corrected chi connectivity index (χ1v) is 8.76. The lowest BCUT2D eigenvalue weighted by atomic mass is 10.1. The molecule has 0 bridgehead atoms. The van der Waals surface area contributed by atoms with Crippen molar-refractivity contribution in [2.24, 2.45) is 0 Å². The molecule has 2 heterocycles. The monoisotopic (exact) mass is 339 g/mol. The maximum atomic E-state index is 11.5. The van der Waals surface area contributed by atoms with Gasteiger partial charge < -0.3 is 15.1 Å². The minimum Gasteiger partial charge on any atom is -0.370 e. The summed E-state index contributed by atoms with van der Waals surface area (Å²) in [4.78, 5) is 24.6. The third-order valence-electron chi connectivity index (χ3n) is 4.44. The summed E-state index contributed by atoms with van der Waals surface area (Å²) in [6.45, 7) is 7.47. The van der Waals surface area contributed by atoms with Crippen LogP contribution < -0.4 is 10.2 Å². The number of aromatic nitrogens is 2. The van der Waals surface area contributed by atoms with E-state index in [1.54, 1.807) is 6.92 Å². The van der Waals surface area contributed by atoms with Crippen molar-refractivity contribution in [2.45, 2.75) is 20.3 Å². The molecule has 3 rings (SSSR count). The molecule has 0 spiro atoms. The van der Waals surface area contributed by atoms with Crippen LogP contribution in [0.5, 0.6) is 0 Å². The largest absolute Gasteiger partial charge is 0.370 e. The fourth-order valence-electron chi connectivity index (χ4n) is 3.03. The number of piperazine rings is 1. The van der Waals surface area contributed by atoms with E-state index in [1.165, 1.54) is 5.56 Å². The molecular formula is C19H25N5O. The Morgan fingerprint density at radius 3 is 2.52 bits per heavy atom. The Bertz CT molecular complexity index is 711. The van der Waals surface area contributed by atoms with Gasteiger partial charge in [-0.3, -0.25) is 4.79 Å². The van der Waals surface area contributed by atoms with Crippen LogP contribution in [0.2, 0.25) is 0 Å². The average Bonchev–Trinajstić information content (AvgIpc) is 2.62. The van der Waals surface area contributed by atoms with Crippen LogP contribution >= 0.6 is 0 Å². The predicted octanol–water partition coefficient (Wildman–Crippen LogP) is 2.11. The molecule has 1 saturated heterocycles. The number of rotatable bonds is 5. The van der Waals surface area contributed by atoms with Crippen LogP contribution in [0, 0.1) is 6.92 Å². The zero-order valence-electron chi connectivity index (χ0n) is 14.9. The van der Waals surface area contributed by atoms with Crippen LogP contribution in [0.4, 0.5) is 11.6 Å². The van der Waals surface area contributed by atoms with Crippen LogP contribution in [-0.2, 0) is 11.2 Å². The van der Waals surface area contributed by atoms with E-state index < -0.39 is 0 Å². The molecule has 1 aliphatic rings. The van der Waals surface area contributed by atoms with Gasteiger partial charge in [-0.25, -0.2) is 9.97 Å². The Morgan fingerprint density at radius 2 is 1.84 bits per heavy atom. The van der Waals surface area contributed by atoms with E-state index in [4.69, 9.17) is 0 Å². The smallest absolute Gasteiger partial charge is 0.219 e. The highest BCUT2D eigenvalue weighted by Gasteiger charge is 2.20. The highest BCUT2D eigenvalue weighted by atomic mass is 16.2. The lowest BCUT2D eigenvalue weighted by Crippen LogP contribution is -2.48. The van der Waals surface area contributed by atoms with Crippen molar-refractivity contribution in [3.8, 4) is 0 Å². The van der Waals surface area contributed by atoms with Gasteiger partial charge >= 0.3 is 0 Å². The fraction of sp³-hybridized carbons (Fsp3) is 0.421. The maximum absolute atomic E-state index is 11.5. The molecule has 6 nitrogen and oxygen atoms in total. The van der Waals surface area contributed by atoms with Gasteiger partial charge in [0.05, 0.1) is 0 Å². The summed E-state index contributed by atoms with van der Waals surface area (Å²) in [5.41, 5.74) is 1.31. The molecule has 25 heavy (non-hydrogen) atoms. The highest BCUT2D eigenvalue weighted by molar-refractivity contribution is 5.73. The van der Waals surface area contributed by atoms with Gasteiger partial charge in [-0.2, -0.15) is 0 Å². The van der Waals surface area contributed by atoms with Crippen molar-refractivity contribution < 1.29 is 4.79 Å². The molecule has 2 aromatic rings. The van der Waals surface area contributed by atoms with Gasteiger partial charge in [0.2, 0.25) is 5.91 Å². The third kappa shape index (κ3) is 4.68. The van der Waals surface area contributed by atoms with E-state index in [-0.39, 0.29) is 5.91 Å². The zero-order chi connectivity index (χ0) is 17.6. The number of nitrogens with one attached hydrogen (secondary N) is 1. The van der Waals surface area contributed by atoms with E-state index in [1.807, 2.05) is 24.0 Å². The fourth-order valence-corrected chi connectivity index (χ4v) is 3.03. The topological polar surface area (TPSA) is 61.4 Å². The maximum Gasteiger partial charge on any atom is 0.219 e. The summed E-state index contributed by atoms with van der Waals surface area (Å²) in [6, 6.07) is 12.4. The Kier molecular flexibility index (Phi) is 5.48. The number of hydrogen-bond donors (Lipinski definition) is 1. The average molecular weight is 339 g/mol. The number of hydrogen-bond acceptors (Lipinski definition) is 5. The number of nitrogens with zero attached hydrogens (tertiary/aromatic N) is 4. The van der Waals surface area contributed by atoms with Gasteiger partial charge in [0.25, 0.3) is 0 Å². The quantitative estimate of drug-likeness (QED) is 0.904. The van der Waals surface area contributed by atoms with E-state index in [0.717, 1.165) is 56.6 Å². The second-order valence-corrected chi connectivity index (χ2v) is 6.31. The molecule has 0 atom stereocenters. The van der Waals surface area contributed by atoms with E-state index in [0.29, 0.717) is 0 Å². The Hall–Kier alpha value is -2.63. The molecule has 0 saturated carbocycles. The highest BCUT2D eigenvalue weighted by Crippen LogP contribution is 2.18. The van der Waals surface area contributed by atoms with Crippen LogP contribution in [0.3, 0.4) is 0 Å². The molecule has 1 N–H and O–H groups in total. The van der Waals surface area contributed by atoms with Gasteiger partial charge in [-0.05, 0) is 18.9 Å². The molecule has 6 heteroatoms. The minimum absolute atomic E-state index is 0.141. The normalized spacial score (nSPS) is 14.5. The molecular weight excluding hydrogens is 314 g/mol. The van der Waals surface area contributed by atoms with Gasteiger partial charge in [0.15, 0.2) is 0 Å². The van der Waals surface area contributed by atoms with Crippen LogP contribution in [0.1, 0.15) is 18.3 Å². The molecule has 1 fully saturated rings. The van der Waals surface area contributed by atoms with Gasteiger partial charge in [-0.1, -0.05) is 30.3 Å². The van der Waals surface area contributed by atoms with Crippen molar-refractivity contribution in [3.05, 3.63) is 47.8 Å².